The van der Waals surface area contributed by atoms with Gasteiger partial charge in [0.1, 0.15) is 5.82 Å². The summed E-state index contributed by atoms with van der Waals surface area (Å²) in [5.41, 5.74) is 3.07. The third kappa shape index (κ3) is 6.97. The minimum atomic E-state index is -0.431. The Balaban J connectivity index is 1.04. The van der Waals surface area contributed by atoms with Gasteiger partial charge in [0.05, 0.1) is 22.2 Å². The first-order valence-corrected chi connectivity index (χ1v) is 16.2. The maximum atomic E-state index is 12.5. The van der Waals surface area contributed by atoms with Gasteiger partial charge in [-0.15, -0.1) is 11.3 Å². The molecule has 0 spiro atoms. The summed E-state index contributed by atoms with van der Waals surface area (Å²) in [6.07, 6.45) is 5.28. The molecule has 0 radical (unpaired) electrons. The van der Waals surface area contributed by atoms with Crippen LogP contribution in [0.5, 0.6) is 0 Å². The van der Waals surface area contributed by atoms with Crippen molar-refractivity contribution in [3.05, 3.63) is 52.5 Å². The minimum Gasteiger partial charge on any atom is -0.381 e. The molecule has 0 bridgehead atoms. The van der Waals surface area contributed by atoms with Crippen LogP contribution in [0.2, 0.25) is 5.02 Å². The van der Waals surface area contributed by atoms with Crippen molar-refractivity contribution in [1.29, 1.82) is 5.26 Å². The molecule has 3 aliphatic rings. The molecule has 3 saturated heterocycles. The lowest BCUT2D eigenvalue weighted by Crippen LogP contribution is -2.50. The van der Waals surface area contributed by atoms with Crippen molar-refractivity contribution in [3.8, 4) is 17.3 Å². The minimum absolute atomic E-state index is 0.232. The van der Waals surface area contributed by atoms with Crippen molar-refractivity contribution in [2.45, 2.75) is 44.7 Å². The second-order valence-corrected chi connectivity index (χ2v) is 12.8. The number of nitrogens with one attached hydrogen (secondary N) is 3. The van der Waals surface area contributed by atoms with E-state index in [1.807, 2.05) is 29.6 Å². The summed E-state index contributed by atoms with van der Waals surface area (Å²) < 4.78 is 5.44. The highest BCUT2D eigenvalue weighted by molar-refractivity contribution is 7.14. The van der Waals surface area contributed by atoms with E-state index in [2.05, 4.69) is 38.0 Å². The van der Waals surface area contributed by atoms with Gasteiger partial charge in [-0.2, -0.15) is 5.26 Å². The van der Waals surface area contributed by atoms with E-state index in [1.54, 1.807) is 11.1 Å². The number of imide groups is 1. The summed E-state index contributed by atoms with van der Waals surface area (Å²) in [4.78, 5) is 37.4. The zero-order chi connectivity index (χ0) is 30.5. The number of thiazole rings is 1. The van der Waals surface area contributed by atoms with E-state index in [0.29, 0.717) is 50.6 Å². The number of halogens is 1. The molecule has 0 saturated carbocycles. The molecule has 44 heavy (non-hydrogen) atoms. The first kappa shape index (κ1) is 30.3. The fraction of sp³-hybridized carbons (Fsp3) is 0.452. The third-order valence-corrected chi connectivity index (χ3v) is 9.67. The first-order chi connectivity index (χ1) is 21.4. The Kier molecular flexibility index (Phi) is 9.28. The van der Waals surface area contributed by atoms with Gasteiger partial charge in [-0.05, 0) is 43.4 Å². The number of carbonyl (C=O) groups is 2. The van der Waals surface area contributed by atoms with E-state index in [0.717, 1.165) is 65.9 Å². The van der Waals surface area contributed by atoms with Crippen LogP contribution in [0.25, 0.3) is 11.3 Å². The maximum Gasteiger partial charge on any atom is 0.328 e. The van der Waals surface area contributed by atoms with Crippen LogP contribution in [0.4, 0.5) is 21.4 Å². The van der Waals surface area contributed by atoms with Crippen LogP contribution < -0.4 is 20.9 Å². The predicted molar refractivity (Wildman–Crippen MR) is 171 cm³/mol. The summed E-state index contributed by atoms with van der Waals surface area (Å²) in [5.74, 6) is 0.525. The predicted octanol–water partition coefficient (Wildman–Crippen LogP) is 5.11. The Morgan fingerprint density at radius 1 is 1.18 bits per heavy atom. The molecular weight excluding hydrogens is 600 g/mol. The largest absolute Gasteiger partial charge is 0.381 e. The van der Waals surface area contributed by atoms with Gasteiger partial charge >= 0.3 is 6.03 Å². The van der Waals surface area contributed by atoms with Crippen LogP contribution in [0, 0.1) is 16.7 Å². The lowest BCUT2D eigenvalue weighted by Gasteiger charge is -2.34. The second-order valence-electron chi connectivity index (χ2n) is 11.5. The Bertz CT molecular complexity index is 1540. The topological polar surface area (TPSA) is 136 Å². The van der Waals surface area contributed by atoms with Gasteiger partial charge in [0.25, 0.3) is 0 Å². The normalized spacial score (nSPS) is 19.3. The Hall–Kier alpha value is -3.76. The Labute approximate surface area is 265 Å². The summed E-state index contributed by atoms with van der Waals surface area (Å²) in [6, 6.07) is 12.2. The van der Waals surface area contributed by atoms with Crippen molar-refractivity contribution >= 4 is 51.5 Å². The SMILES string of the molecule is N#CC1(CNc2nc(-c3cc(NC4CCN(Cc5ccccc5N5CCC(=O)NC5=O)CC4)ncc3Cl)cs2)CCOCC1. The number of ether oxygens (including phenoxy) is 1. The number of hydrogen-bond acceptors (Lipinski definition) is 10. The number of hydrogen-bond donors (Lipinski definition) is 3. The number of para-hydroxylation sites is 1. The first-order valence-electron chi connectivity index (χ1n) is 14.9. The van der Waals surface area contributed by atoms with Crippen molar-refractivity contribution in [1.82, 2.24) is 20.2 Å². The Morgan fingerprint density at radius 2 is 1.98 bits per heavy atom. The van der Waals surface area contributed by atoms with Crippen LogP contribution in [0.15, 0.2) is 41.9 Å². The van der Waals surface area contributed by atoms with Crippen LogP contribution in [0.1, 0.15) is 37.7 Å². The monoisotopic (exact) mass is 634 g/mol. The number of pyridine rings is 1. The summed E-state index contributed by atoms with van der Waals surface area (Å²) in [5, 5.41) is 22.4. The molecule has 6 rings (SSSR count). The lowest BCUT2D eigenvalue weighted by atomic mass is 9.82. The number of nitriles is 1. The second kappa shape index (κ2) is 13.5. The van der Waals surface area contributed by atoms with E-state index >= 15 is 0 Å². The van der Waals surface area contributed by atoms with Gasteiger partial charge in [-0.3, -0.25) is 19.9 Å². The quantitative estimate of drug-likeness (QED) is 0.293. The number of piperidine rings is 1. The van der Waals surface area contributed by atoms with Gasteiger partial charge in [-0.1, -0.05) is 29.8 Å². The van der Waals surface area contributed by atoms with E-state index < -0.39 is 5.41 Å². The van der Waals surface area contributed by atoms with Crippen LogP contribution in [-0.2, 0) is 16.1 Å². The standard InChI is InChI=1S/C31H35ClN8O3S/c32-24-16-34-27(15-23(24)25-18-44-29(37-25)35-20-31(19-33)8-13-43-14-9-31)36-22-5-10-39(11-6-22)17-21-3-1-2-4-26(21)40-12-7-28(41)38-30(40)42/h1-4,15-16,18,22H,5-14,17,20H2,(H,34,36)(H,35,37)(H,38,41,42). The third-order valence-electron chi connectivity index (χ3n) is 8.57. The van der Waals surface area contributed by atoms with Crippen molar-refractivity contribution < 1.29 is 14.3 Å². The molecule has 3 amide bonds. The molecular formula is C31H35ClN8O3S. The molecule has 13 heteroatoms. The van der Waals surface area contributed by atoms with Crippen LogP contribution in [-0.4, -0.2) is 72.2 Å². The van der Waals surface area contributed by atoms with Gasteiger partial charge in [0, 0.05) is 81.2 Å². The molecule has 3 aromatic rings. The summed E-state index contributed by atoms with van der Waals surface area (Å²) in [7, 11) is 0. The number of amides is 3. The molecule has 0 atom stereocenters. The molecule has 5 heterocycles. The molecule has 0 aliphatic carbocycles. The lowest BCUT2D eigenvalue weighted by molar-refractivity contribution is -0.120. The molecule has 3 fully saturated rings. The average Bonchev–Trinajstić information content (AvgIpc) is 3.52. The number of nitrogens with zero attached hydrogens (tertiary/aromatic N) is 5. The summed E-state index contributed by atoms with van der Waals surface area (Å²) >= 11 is 8.05. The molecule has 11 nitrogen and oxygen atoms in total. The highest BCUT2D eigenvalue weighted by Gasteiger charge is 2.33. The number of carbonyl (C=O) groups excluding carboxylic acids is 2. The molecule has 1 aromatic carbocycles. The number of urea groups is 1. The van der Waals surface area contributed by atoms with Crippen LogP contribution in [0.3, 0.4) is 0 Å². The van der Waals surface area contributed by atoms with Crippen molar-refractivity contribution in [2.75, 3.05) is 54.9 Å². The van der Waals surface area contributed by atoms with Gasteiger partial charge in [-0.25, -0.2) is 14.8 Å². The van der Waals surface area contributed by atoms with Crippen molar-refractivity contribution in [3.63, 3.8) is 0 Å². The number of rotatable bonds is 9. The number of aromatic nitrogens is 2. The van der Waals surface area contributed by atoms with E-state index in [1.165, 1.54) is 11.3 Å². The van der Waals surface area contributed by atoms with Crippen LogP contribution >= 0.6 is 22.9 Å². The van der Waals surface area contributed by atoms with Crippen molar-refractivity contribution in [2.24, 2.45) is 5.41 Å². The number of anilines is 3. The van der Waals surface area contributed by atoms with E-state index in [9.17, 15) is 14.9 Å². The molecule has 0 unspecified atom stereocenters. The van der Waals surface area contributed by atoms with Gasteiger partial charge in [0.15, 0.2) is 5.13 Å². The van der Waals surface area contributed by atoms with E-state index in [-0.39, 0.29) is 18.0 Å². The molecule has 3 N–H and O–H groups in total. The fourth-order valence-electron chi connectivity index (χ4n) is 5.91. The smallest absolute Gasteiger partial charge is 0.328 e. The van der Waals surface area contributed by atoms with Gasteiger partial charge < -0.3 is 15.4 Å². The highest BCUT2D eigenvalue weighted by Crippen LogP contribution is 2.34. The fourth-order valence-corrected chi connectivity index (χ4v) is 6.82. The zero-order valence-corrected chi connectivity index (χ0v) is 25.9. The molecule has 2 aromatic heterocycles. The maximum absolute atomic E-state index is 12.5. The zero-order valence-electron chi connectivity index (χ0n) is 24.4. The van der Waals surface area contributed by atoms with Gasteiger partial charge in [0.2, 0.25) is 5.91 Å². The molecule has 230 valence electrons. The highest BCUT2D eigenvalue weighted by atomic mass is 35.5. The Morgan fingerprint density at radius 3 is 2.75 bits per heavy atom. The number of benzene rings is 1. The summed E-state index contributed by atoms with van der Waals surface area (Å²) in [6.45, 7) is 4.67. The molecule has 3 aliphatic heterocycles. The number of likely N-dealkylation sites (tertiary alicyclic amines) is 1. The van der Waals surface area contributed by atoms with E-state index in [4.69, 9.17) is 21.3 Å². The average molecular weight is 635 g/mol.